The number of hydrogen-bond donors (Lipinski definition) is 1. The molecule has 0 fully saturated rings. The Morgan fingerprint density at radius 2 is 1.72 bits per heavy atom. The molecule has 0 aliphatic carbocycles. The summed E-state index contributed by atoms with van der Waals surface area (Å²) < 4.78 is 31.1. The highest BCUT2D eigenvalue weighted by molar-refractivity contribution is 7.92. The van der Waals surface area contributed by atoms with Crippen LogP contribution < -0.4 is 9.62 Å². The number of hydrogen-bond acceptors (Lipinski definition) is 5. The van der Waals surface area contributed by atoms with Gasteiger partial charge in [-0.15, -0.1) is 0 Å². The summed E-state index contributed by atoms with van der Waals surface area (Å²) in [5.41, 5.74) is 2.51. The van der Waals surface area contributed by atoms with Crippen molar-refractivity contribution in [3.05, 3.63) is 71.1 Å². The first kappa shape index (κ1) is 22.3. The van der Waals surface area contributed by atoms with Crippen LogP contribution in [0.5, 0.6) is 0 Å². The second-order valence-electron chi connectivity index (χ2n) is 6.35. The number of nitrogens with zero attached hydrogens (tertiary/aromatic N) is 1. The van der Waals surface area contributed by atoms with E-state index in [9.17, 15) is 18.0 Å². The van der Waals surface area contributed by atoms with Gasteiger partial charge in [-0.2, -0.15) is 0 Å². The highest BCUT2D eigenvalue weighted by Gasteiger charge is 2.14. The summed E-state index contributed by atoms with van der Waals surface area (Å²) in [6, 6.07) is 16.3. The first-order chi connectivity index (χ1) is 13.8. The Morgan fingerprint density at radius 3 is 2.38 bits per heavy atom. The van der Waals surface area contributed by atoms with Gasteiger partial charge in [-0.25, -0.2) is 13.1 Å². The van der Waals surface area contributed by atoms with Crippen LogP contribution in [0.25, 0.3) is 6.08 Å². The zero-order chi connectivity index (χ0) is 21.3. The molecule has 0 atom stereocenters. The average Bonchev–Trinajstić information content (AvgIpc) is 2.71. The number of aryl methyl sites for hydroxylation is 1. The predicted molar refractivity (Wildman–Crippen MR) is 113 cm³/mol. The Bertz CT molecular complexity index is 954. The fourth-order valence-electron chi connectivity index (χ4n) is 2.30. The van der Waals surface area contributed by atoms with Gasteiger partial charge < -0.3 is 9.64 Å². The van der Waals surface area contributed by atoms with Crippen molar-refractivity contribution in [3.63, 3.8) is 0 Å². The smallest absolute Gasteiger partial charge is 0.307 e. The van der Waals surface area contributed by atoms with Gasteiger partial charge in [0.25, 0.3) is 5.91 Å². The number of amides is 1. The van der Waals surface area contributed by atoms with Crippen molar-refractivity contribution in [1.29, 1.82) is 0 Å². The molecule has 29 heavy (non-hydrogen) atoms. The maximum Gasteiger partial charge on any atom is 0.307 e. The summed E-state index contributed by atoms with van der Waals surface area (Å²) in [5, 5.41) is 1.04. The maximum absolute atomic E-state index is 12.0. The third-order valence-electron chi connectivity index (χ3n) is 4.02. The first-order valence-corrected chi connectivity index (χ1v) is 10.5. The Kier molecular flexibility index (Phi) is 8.11. The van der Waals surface area contributed by atoms with Crippen LogP contribution in [0.2, 0.25) is 0 Å². The number of carbonyl (C=O) groups is 2. The minimum absolute atomic E-state index is 0.123. The SMILES string of the molecule is Cc1ccc(/C=C/S(=O)(=O)NCCC(=O)OCC(=O)N(C)c2ccccc2)cc1. The van der Waals surface area contributed by atoms with E-state index in [2.05, 4.69) is 4.72 Å². The molecule has 1 N–H and O–H groups in total. The second-order valence-corrected chi connectivity index (χ2v) is 8.00. The highest BCUT2D eigenvalue weighted by Crippen LogP contribution is 2.11. The van der Waals surface area contributed by atoms with Crippen LogP contribution >= 0.6 is 0 Å². The number of benzene rings is 2. The average molecular weight is 416 g/mol. The van der Waals surface area contributed by atoms with Crippen LogP contribution in [0.15, 0.2) is 60.0 Å². The first-order valence-electron chi connectivity index (χ1n) is 8.98. The van der Waals surface area contributed by atoms with Crippen molar-refractivity contribution in [2.45, 2.75) is 13.3 Å². The molecule has 2 aromatic rings. The fraction of sp³-hybridized carbons (Fsp3) is 0.238. The molecule has 2 aromatic carbocycles. The fourth-order valence-corrected chi connectivity index (χ4v) is 3.12. The Labute approximate surface area is 171 Å². The number of sulfonamides is 1. The molecule has 0 aliphatic rings. The van der Waals surface area contributed by atoms with Gasteiger partial charge in [0.1, 0.15) is 0 Å². The third-order valence-corrected chi connectivity index (χ3v) is 5.12. The van der Waals surface area contributed by atoms with Crippen LogP contribution in [0, 0.1) is 6.92 Å². The molecule has 0 aromatic heterocycles. The lowest BCUT2D eigenvalue weighted by Crippen LogP contribution is -2.31. The van der Waals surface area contributed by atoms with Crippen molar-refractivity contribution in [2.75, 3.05) is 25.1 Å². The highest BCUT2D eigenvalue weighted by atomic mass is 32.2. The van der Waals surface area contributed by atoms with Gasteiger partial charge in [0.15, 0.2) is 6.61 Å². The van der Waals surface area contributed by atoms with Gasteiger partial charge in [-0.3, -0.25) is 9.59 Å². The van der Waals surface area contributed by atoms with Crippen LogP contribution in [0.4, 0.5) is 5.69 Å². The molecule has 0 saturated heterocycles. The van der Waals surface area contributed by atoms with Crippen LogP contribution in [0.3, 0.4) is 0 Å². The molecule has 0 bridgehead atoms. The predicted octanol–water partition coefficient (Wildman–Crippen LogP) is 2.48. The molecule has 0 unspecified atom stereocenters. The van der Waals surface area contributed by atoms with Crippen LogP contribution in [0.1, 0.15) is 17.5 Å². The summed E-state index contributed by atoms with van der Waals surface area (Å²) in [5.74, 6) is -1.05. The van der Waals surface area contributed by atoms with E-state index in [4.69, 9.17) is 4.74 Å². The number of esters is 1. The van der Waals surface area contributed by atoms with Crippen molar-refractivity contribution < 1.29 is 22.7 Å². The normalized spacial score (nSPS) is 11.4. The van der Waals surface area contributed by atoms with Gasteiger partial charge in [0.2, 0.25) is 10.0 Å². The Hall–Kier alpha value is -2.97. The molecule has 154 valence electrons. The van der Waals surface area contributed by atoms with Gasteiger partial charge in [0, 0.05) is 24.7 Å². The zero-order valence-electron chi connectivity index (χ0n) is 16.4. The number of carbonyl (C=O) groups excluding carboxylic acids is 2. The van der Waals surface area contributed by atoms with E-state index in [-0.39, 0.29) is 18.9 Å². The van der Waals surface area contributed by atoms with E-state index in [0.29, 0.717) is 5.69 Å². The molecule has 1 amide bonds. The molecular formula is C21H24N2O5S. The van der Waals surface area contributed by atoms with E-state index in [1.54, 1.807) is 31.3 Å². The summed E-state index contributed by atoms with van der Waals surface area (Å²) >= 11 is 0. The zero-order valence-corrected chi connectivity index (χ0v) is 17.2. The number of nitrogens with one attached hydrogen (secondary N) is 1. The molecule has 0 radical (unpaired) electrons. The van der Waals surface area contributed by atoms with Crippen LogP contribution in [-0.2, 0) is 24.3 Å². The number of ether oxygens (including phenoxy) is 1. The standard InChI is InChI=1S/C21H24N2O5S/c1-17-8-10-18(11-9-17)13-15-29(26,27)22-14-12-21(25)28-16-20(24)23(2)19-6-4-3-5-7-19/h3-11,13,15,22H,12,14,16H2,1-2H3/b15-13+. The lowest BCUT2D eigenvalue weighted by Gasteiger charge is -2.17. The summed E-state index contributed by atoms with van der Waals surface area (Å²) in [6.45, 7) is 1.41. The van der Waals surface area contributed by atoms with Crippen molar-refractivity contribution >= 4 is 33.7 Å². The van der Waals surface area contributed by atoms with E-state index < -0.39 is 22.6 Å². The third kappa shape index (κ3) is 7.89. The van der Waals surface area contributed by atoms with Gasteiger partial charge in [0.05, 0.1) is 6.42 Å². The second kappa shape index (κ2) is 10.5. The van der Waals surface area contributed by atoms with Crippen molar-refractivity contribution in [2.24, 2.45) is 0 Å². The molecule has 0 aliphatic heterocycles. The minimum Gasteiger partial charge on any atom is -0.456 e. The summed E-state index contributed by atoms with van der Waals surface area (Å²) in [6.07, 6.45) is 1.29. The topological polar surface area (TPSA) is 92.8 Å². The summed E-state index contributed by atoms with van der Waals surface area (Å²) in [7, 11) is -2.10. The Balaban J connectivity index is 1.73. The van der Waals surface area contributed by atoms with Gasteiger partial charge >= 0.3 is 5.97 Å². The maximum atomic E-state index is 12.0. The van der Waals surface area contributed by atoms with E-state index >= 15 is 0 Å². The monoisotopic (exact) mass is 416 g/mol. The number of anilines is 1. The quantitative estimate of drug-likeness (QED) is 0.634. The van der Waals surface area contributed by atoms with E-state index in [1.807, 2.05) is 37.3 Å². The lowest BCUT2D eigenvalue weighted by atomic mass is 10.2. The van der Waals surface area contributed by atoms with Gasteiger partial charge in [-0.05, 0) is 30.7 Å². The van der Waals surface area contributed by atoms with Crippen molar-refractivity contribution in [3.8, 4) is 0 Å². The van der Waals surface area contributed by atoms with E-state index in [1.165, 1.54) is 11.0 Å². The molecule has 0 heterocycles. The van der Waals surface area contributed by atoms with E-state index in [0.717, 1.165) is 16.5 Å². The van der Waals surface area contributed by atoms with Crippen molar-refractivity contribution in [1.82, 2.24) is 4.72 Å². The molecular weight excluding hydrogens is 392 g/mol. The molecule has 2 rings (SSSR count). The Morgan fingerprint density at radius 1 is 1.07 bits per heavy atom. The molecule has 7 nitrogen and oxygen atoms in total. The number of likely N-dealkylation sites (N-methyl/N-ethyl adjacent to an activating group) is 1. The minimum atomic E-state index is -3.68. The van der Waals surface area contributed by atoms with Crippen LogP contribution in [-0.4, -0.2) is 40.5 Å². The molecule has 0 spiro atoms. The molecule has 8 heteroatoms. The largest absolute Gasteiger partial charge is 0.456 e. The summed E-state index contributed by atoms with van der Waals surface area (Å²) in [4.78, 5) is 25.2. The van der Waals surface area contributed by atoms with Gasteiger partial charge in [-0.1, -0.05) is 48.0 Å². The number of para-hydroxylation sites is 1. The lowest BCUT2D eigenvalue weighted by molar-refractivity contribution is -0.147. The number of rotatable bonds is 9. The molecule has 0 saturated carbocycles.